The molecule has 0 bridgehead atoms. The number of nitrogens with one attached hydrogen (secondary N) is 1. The lowest BCUT2D eigenvalue weighted by atomic mass is 9.82. The number of hydrogen-bond acceptors (Lipinski definition) is 6. The van der Waals surface area contributed by atoms with Gasteiger partial charge in [-0.3, -0.25) is 4.90 Å². The minimum Gasteiger partial charge on any atom is -0.455 e. The van der Waals surface area contributed by atoms with Crippen LogP contribution in [0.2, 0.25) is 0 Å². The van der Waals surface area contributed by atoms with E-state index in [0.717, 1.165) is 78.4 Å². The van der Waals surface area contributed by atoms with E-state index in [1.807, 2.05) is 36.4 Å². The summed E-state index contributed by atoms with van der Waals surface area (Å²) < 4.78 is 21.0. The van der Waals surface area contributed by atoms with Gasteiger partial charge in [0.25, 0.3) is 0 Å². The lowest BCUT2D eigenvalue weighted by Crippen LogP contribution is -2.23. The van der Waals surface area contributed by atoms with Crippen molar-refractivity contribution in [1.29, 1.82) is 0 Å². The Labute approximate surface area is 370 Å². The van der Waals surface area contributed by atoms with Gasteiger partial charge in [0.05, 0.1) is 27.5 Å². The maximum Gasteiger partial charge on any atom is 0.205 e. The molecular weight excluding hydrogens is 787 g/mol. The Bertz CT molecular complexity index is 3530. The Kier molecular flexibility index (Phi) is 7.91. The van der Waals surface area contributed by atoms with Crippen molar-refractivity contribution in [1.82, 2.24) is 0 Å². The first kappa shape index (κ1) is 36.4. The predicted octanol–water partition coefficient (Wildman–Crippen LogP) is 16.3. The van der Waals surface area contributed by atoms with Crippen LogP contribution in [0.4, 0.5) is 34.3 Å². The number of benzene rings is 8. The Morgan fingerprint density at radius 2 is 1.03 bits per heavy atom. The average Bonchev–Trinajstić information content (AvgIpc) is 4.19. The molecule has 0 saturated heterocycles. The summed E-state index contributed by atoms with van der Waals surface area (Å²) in [6, 6.07) is 70.2. The van der Waals surface area contributed by atoms with E-state index in [1.165, 1.54) is 27.8 Å². The zero-order chi connectivity index (χ0) is 42.5. The second-order valence-electron chi connectivity index (χ2n) is 17.4. The normalized spacial score (nSPS) is 14.8. The monoisotopic (exact) mass is 827 g/mol. The molecule has 64 heavy (non-hydrogen) atoms. The lowest BCUT2D eigenvalue weighted by Gasteiger charge is -2.27. The van der Waals surface area contributed by atoms with Crippen LogP contribution in [-0.2, 0) is 5.41 Å². The third-order valence-corrected chi connectivity index (χ3v) is 13.3. The van der Waals surface area contributed by atoms with Crippen molar-refractivity contribution in [3.05, 3.63) is 217 Å². The predicted molar refractivity (Wildman–Crippen MR) is 260 cm³/mol. The van der Waals surface area contributed by atoms with Crippen LogP contribution in [-0.4, -0.2) is 0 Å². The highest BCUT2D eigenvalue weighted by atomic mass is 16.4. The molecule has 6 nitrogen and oxygen atoms in total. The summed E-state index contributed by atoms with van der Waals surface area (Å²) in [5, 5.41) is 6.40. The third-order valence-electron chi connectivity index (χ3n) is 13.3. The fourth-order valence-corrected chi connectivity index (χ4v) is 10.2. The number of rotatable bonds is 7. The van der Waals surface area contributed by atoms with Gasteiger partial charge in [-0.05, 0) is 107 Å². The molecule has 2 aliphatic rings. The first-order valence-corrected chi connectivity index (χ1v) is 21.9. The highest BCUT2D eigenvalue weighted by Crippen LogP contribution is 2.52. The first-order valence-electron chi connectivity index (χ1n) is 21.9. The highest BCUT2D eigenvalue weighted by molar-refractivity contribution is 6.22. The van der Waals surface area contributed by atoms with Crippen LogP contribution in [0.1, 0.15) is 36.7 Å². The minimum atomic E-state index is -0.144. The van der Waals surface area contributed by atoms with Crippen LogP contribution >= 0.6 is 0 Å². The second kappa shape index (κ2) is 13.9. The van der Waals surface area contributed by atoms with E-state index in [2.05, 4.69) is 193 Å². The summed E-state index contributed by atoms with van der Waals surface area (Å²) in [7, 11) is 0. The van der Waals surface area contributed by atoms with Gasteiger partial charge in [-0.15, -0.1) is 0 Å². The van der Waals surface area contributed by atoms with Gasteiger partial charge >= 0.3 is 0 Å². The molecule has 6 heteroatoms. The summed E-state index contributed by atoms with van der Waals surface area (Å²) >= 11 is 0. The molecule has 11 aromatic rings. The van der Waals surface area contributed by atoms with E-state index >= 15 is 0 Å². The molecule has 4 heterocycles. The molecule has 306 valence electrons. The van der Waals surface area contributed by atoms with Gasteiger partial charge in [-0.1, -0.05) is 129 Å². The first-order chi connectivity index (χ1) is 31.5. The molecule has 0 fully saturated rings. The van der Waals surface area contributed by atoms with Crippen LogP contribution in [0.15, 0.2) is 213 Å². The van der Waals surface area contributed by atoms with E-state index in [4.69, 9.17) is 13.3 Å². The fraction of sp³-hybridized carbons (Fsp3) is 0.0690. The molecule has 1 N–H and O–H groups in total. The SMILES string of the molecule is CC1(C)c2ccccc2-c2ccc(-c3cc4c5oc(-c6ccc(N7c8ccccc8NC7c7ccccc7)cc6)cc5c5oc(N(c6ccccc6)c6ccccc6)cc5c4o3)cc21. The average molecular weight is 828 g/mol. The summed E-state index contributed by atoms with van der Waals surface area (Å²) in [6.45, 7) is 4.62. The summed E-state index contributed by atoms with van der Waals surface area (Å²) in [5.74, 6) is 2.20. The molecule has 0 amide bonds. The van der Waals surface area contributed by atoms with E-state index in [-0.39, 0.29) is 11.6 Å². The molecule has 1 atom stereocenters. The molecule has 1 unspecified atom stereocenters. The van der Waals surface area contributed by atoms with Gasteiger partial charge in [0.15, 0.2) is 5.58 Å². The van der Waals surface area contributed by atoms with Crippen LogP contribution in [0.25, 0.3) is 66.7 Å². The highest BCUT2D eigenvalue weighted by Gasteiger charge is 2.36. The Hall–Kier alpha value is -8.22. The zero-order valence-corrected chi connectivity index (χ0v) is 35.2. The summed E-state index contributed by atoms with van der Waals surface area (Å²) in [4.78, 5) is 4.51. The van der Waals surface area contributed by atoms with Gasteiger partial charge in [0, 0.05) is 39.7 Å². The molecular formula is C58H41N3O3. The number of furan rings is 3. The van der Waals surface area contributed by atoms with E-state index < -0.39 is 0 Å². The van der Waals surface area contributed by atoms with Crippen molar-refractivity contribution in [3.8, 4) is 33.8 Å². The summed E-state index contributed by atoms with van der Waals surface area (Å²) in [5.41, 5.74) is 15.7. The van der Waals surface area contributed by atoms with Crippen LogP contribution in [0.3, 0.4) is 0 Å². The van der Waals surface area contributed by atoms with Crippen molar-refractivity contribution in [3.63, 3.8) is 0 Å². The molecule has 1 aliphatic carbocycles. The van der Waals surface area contributed by atoms with Gasteiger partial charge in [-0.25, -0.2) is 0 Å². The Morgan fingerprint density at radius 1 is 0.484 bits per heavy atom. The standard InChI is InChI=1S/C58H41N3O3/c1-58(2)47-23-13-12-22-42(47)43-31-28-38(32-48(43)58)52-34-44-54-45(56-46(55(44)63-52)35-53(64-56)60(39-18-8-4-9-19-39)40-20-10-5-11-21-40)33-51(62-54)36-26-29-41(30-27-36)61-50-25-15-14-24-49(50)59-57(61)37-16-6-3-7-17-37/h3-35,57,59H,1-2H3. The number of fused-ring (bicyclic) bond motifs is 10. The molecule has 13 rings (SSSR count). The Morgan fingerprint density at radius 3 is 1.73 bits per heavy atom. The molecule has 1 aliphatic heterocycles. The van der Waals surface area contributed by atoms with E-state index in [9.17, 15) is 0 Å². The molecule has 0 saturated carbocycles. The van der Waals surface area contributed by atoms with E-state index in [0.29, 0.717) is 11.5 Å². The maximum atomic E-state index is 7.01. The largest absolute Gasteiger partial charge is 0.455 e. The topological polar surface area (TPSA) is 57.9 Å². The quantitative estimate of drug-likeness (QED) is 0.173. The van der Waals surface area contributed by atoms with Crippen LogP contribution in [0.5, 0.6) is 0 Å². The second-order valence-corrected chi connectivity index (χ2v) is 17.4. The molecule has 8 aromatic carbocycles. The molecule has 0 radical (unpaired) electrons. The number of para-hydroxylation sites is 4. The fourth-order valence-electron chi connectivity index (χ4n) is 10.2. The van der Waals surface area contributed by atoms with Crippen molar-refractivity contribution >= 4 is 67.2 Å². The zero-order valence-electron chi connectivity index (χ0n) is 35.2. The number of hydrogen-bond donors (Lipinski definition) is 1. The maximum absolute atomic E-state index is 7.01. The van der Waals surface area contributed by atoms with Gasteiger partial charge < -0.3 is 23.5 Å². The number of anilines is 6. The van der Waals surface area contributed by atoms with Gasteiger partial charge in [-0.2, -0.15) is 0 Å². The third kappa shape index (κ3) is 5.52. The van der Waals surface area contributed by atoms with Crippen molar-refractivity contribution in [2.45, 2.75) is 25.4 Å². The molecule has 3 aromatic heterocycles. The van der Waals surface area contributed by atoms with Crippen LogP contribution in [0, 0.1) is 0 Å². The van der Waals surface area contributed by atoms with Crippen molar-refractivity contribution in [2.24, 2.45) is 0 Å². The van der Waals surface area contributed by atoms with Gasteiger partial charge in [0.1, 0.15) is 28.9 Å². The van der Waals surface area contributed by atoms with Crippen molar-refractivity contribution < 1.29 is 13.3 Å². The van der Waals surface area contributed by atoms with Gasteiger partial charge in [0.2, 0.25) is 5.88 Å². The van der Waals surface area contributed by atoms with Crippen LogP contribution < -0.4 is 15.1 Å². The van der Waals surface area contributed by atoms with Crippen molar-refractivity contribution in [2.75, 3.05) is 15.1 Å². The Balaban J connectivity index is 0.973. The molecule has 0 spiro atoms. The number of nitrogens with zero attached hydrogens (tertiary/aromatic N) is 2. The lowest BCUT2D eigenvalue weighted by molar-refractivity contribution is 0.618. The minimum absolute atomic E-state index is 0.0425. The van der Waals surface area contributed by atoms with E-state index in [1.54, 1.807) is 0 Å². The summed E-state index contributed by atoms with van der Waals surface area (Å²) in [6.07, 6.45) is -0.0425. The smallest absolute Gasteiger partial charge is 0.205 e.